The van der Waals surface area contributed by atoms with Gasteiger partial charge in [-0.1, -0.05) is 6.07 Å². The van der Waals surface area contributed by atoms with E-state index in [2.05, 4.69) is 5.32 Å². The van der Waals surface area contributed by atoms with Crippen LogP contribution >= 0.6 is 11.3 Å². The van der Waals surface area contributed by atoms with Crippen LogP contribution in [0.3, 0.4) is 0 Å². The fraction of sp³-hybridized carbons (Fsp3) is 0.375. The van der Waals surface area contributed by atoms with E-state index < -0.39 is 5.97 Å². The number of rotatable bonds is 4. The first-order chi connectivity index (χ1) is 5.74. The van der Waals surface area contributed by atoms with Gasteiger partial charge in [0.05, 0.1) is 12.5 Å². The van der Waals surface area contributed by atoms with Crippen molar-refractivity contribution in [3.63, 3.8) is 0 Å². The van der Waals surface area contributed by atoms with E-state index in [0.717, 1.165) is 4.88 Å². The highest BCUT2D eigenvalue weighted by atomic mass is 32.1. The molecule has 0 saturated carbocycles. The number of nitrogens with one attached hydrogen (secondary N) is 1. The van der Waals surface area contributed by atoms with Gasteiger partial charge in [-0.25, -0.2) is 0 Å². The molecule has 0 aliphatic heterocycles. The van der Waals surface area contributed by atoms with Crippen molar-refractivity contribution in [3.8, 4) is 0 Å². The first-order valence-corrected chi connectivity index (χ1v) is 4.54. The smallest absolute Gasteiger partial charge is 0.305 e. The molecule has 1 heterocycles. The summed E-state index contributed by atoms with van der Waals surface area (Å²) in [5.41, 5.74) is 0. The van der Waals surface area contributed by atoms with Crippen molar-refractivity contribution >= 4 is 17.3 Å². The molecule has 0 aromatic carbocycles. The number of hydrogen-bond donors (Lipinski definition) is 2. The molecular weight excluding hydrogens is 174 g/mol. The van der Waals surface area contributed by atoms with E-state index in [1.165, 1.54) is 0 Å². The second-order valence-electron chi connectivity index (χ2n) is 2.45. The van der Waals surface area contributed by atoms with Crippen LogP contribution < -0.4 is 5.32 Å². The standard InChI is InChI=1S/C8H11NO2S/c1-9-6(5-8(10)11)7-3-2-4-12-7/h2-4,6,9H,5H2,1H3,(H,10,11). The summed E-state index contributed by atoms with van der Waals surface area (Å²) >= 11 is 1.57. The molecule has 4 heteroatoms. The second kappa shape index (κ2) is 4.23. The van der Waals surface area contributed by atoms with E-state index in [4.69, 9.17) is 5.11 Å². The lowest BCUT2D eigenvalue weighted by molar-refractivity contribution is -0.137. The molecule has 1 aromatic rings. The topological polar surface area (TPSA) is 49.3 Å². The third-order valence-electron chi connectivity index (χ3n) is 1.61. The molecule has 0 radical (unpaired) electrons. The van der Waals surface area contributed by atoms with E-state index >= 15 is 0 Å². The van der Waals surface area contributed by atoms with Gasteiger partial charge in [0.25, 0.3) is 0 Å². The number of aliphatic carboxylic acids is 1. The number of thiophene rings is 1. The first-order valence-electron chi connectivity index (χ1n) is 3.66. The highest BCUT2D eigenvalue weighted by Gasteiger charge is 2.13. The molecule has 0 spiro atoms. The van der Waals surface area contributed by atoms with Gasteiger partial charge >= 0.3 is 5.97 Å². The van der Waals surface area contributed by atoms with Crippen LogP contribution in [0.2, 0.25) is 0 Å². The maximum absolute atomic E-state index is 10.4. The third kappa shape index (κ3) is 2.32. The maximum Gasteiger partial charge on any atom is 0.305 e. The quantitative estimate of drug-likeness (QED) is 0.747. The summed E-state index contributed by atoms with van der Waals surface area (Å²) in [5, 5.41) is 13.5. The zero-order chi connectivity index (χ0) is 8.97. The predicted octanol–water partition coefficient (Wildman–Crippen LogP) is 1.48. The molecule has 0 bridgehead atoms. The highest BCUT2D eigenvalue weighted by molar-refractivity contribution is 7.10. The van der Waals surface area contributed by atoms with Crippen molar-refractivity contribution in [2.45, 2.75) is 12.5 Å². The summed E-state index contributed by atoms with van der Waals surface area (Å²) < 4.78 is 0. The van der Waals surface area contributed by atoms with Crippen LogP contribution in [0.1, 0.15) is 17.3 Å². The summed E-state index contributed by atoms with van der Waals surface area (Å²) in [7, 11) is 1.77. The minimum absolute atomic E-state index is 0.0532. The largest absolute Gasteiger partial charge is 0.481 e. The molecule has 1 aromatic heterocycles. The number of hydrogen-bond acceptors (Lipinski definition) is 3. The van der Waals surface area contributed by atoms with E-state index in [-0.39, 0.29) is 12.5 Å². The summed E-state index contributed by atoms with van der Waals surface area (Å²) in [6, 6.07) is 3.81. The molecule has 0 aliphatic carbocycles. The van der Waals surface area contributed by atoms with Crippen molar-refractivity contribution < 1.29 is 9.90 Å². The van der Waals surface area contributed by atoms with Gasteiger partial charge in [0.2, 0.25) is 0 Å². The van der Waals surface area contributed by atoms with Crippen molar-refractivity contribution in [1.29, 1.82) is 0 Å². The summed E-state index contributed by atoms with van der Waals surface area (Å²) in [5.74, 6) is -0.775. The molecule has 0 amide bonds. The minimum Gasteiger partial charge on any atom is -0.481 e. The van der Waals surface area contributed by atoms with Crippen LogP contribution in [0.5, 0.6) is 0 Å². The third-order valence-corrected chi connectivity index (χ3v) is 2.60. The van der Waals surface area contributed by atoms with Gasteiger partial charge in [0.1, 0.15) is 0 Å². The molecule has 0 aliphatic rings. The Kier molecular flexibility index (Phi) is 3.25. The van der Waals surface area contributed by atoms with Crippen molar-refractivity contribution in [2.75, 3.05) is 7.05 Å². The monoisotopic (exact) mass is 185 g/mol. The molecule has 66 valence electrons. The molecule has 2 N–H and O–H groups in total. The van der Waals surface area contributed by atoms with Crippen LogP contribution in [-0.4, -0.2) is 18.1 Å². The Morgan fingerprint density at radius 3 is 3.00 bits per heavy atom. The lowest BCUT2D eigenvalue weighted by atomic mass is 10.2. The molecule has 1 rings (SSSR count). The Labute approximate surface area is 75.0 Å². The van der Waals surface area contributed by atoms with Crippen LogP contribution in [-0.2, 0) is 4.79 Å². The van der Waals surface area contributed by atoms with Gasteiger partial charge in [-0.3, -0.25) is 4.79 Å². The number of carbonyl (C=O) groups is 1. The molecule has 3 nitrogen and oxygen atoms in total. The van der Waals surface area contributed by atoms with E-state index in [9.17, 15) is 4.79 Å². The minimum atomic E-state index is -0.775. The second-order valence-corrected chi connectivity index (χ2v) is 3.43. The Hall–Kier alpha value is -0.870. The zero-order valence-corrected chi connectivity index (χ0v) is 7.60. The molecule has 12 heavy (non-hydrogen) atoms. The van der Waals surface area contributed by atoms with Gasteiger partial charge in [0, 0.05) is 4.88 Å². The van der Waals surface area contributed by atoms with Gasteiger partial charge < -0.3 is 10.4 Å². The van der Waals surface area contributed by atoms with Crippen LogP contribution in [0.15, 0.2) is 17.5 Å². The van der Waals surface area contributed by atoms with E-state index in [0.29, 0.717) is 0 Å². The Bertz CT molecular complexity index is 246. The van der Waals surface area contributed by atoms with Gasteiger partial charge in [-0.05, 0) is 18.5 Å². The SMILES string of the molecule is CNC(CC(=O)O)c1cccs1. The van der Waals surface area contributed by atoms with E-state index in [1.807, 2.05) is 17.5 Å². The zero-order valence-electron chi connectivity index (χ0n) is 6.78. The van der Waals surface area contributed by atoms with Gasteiger partial charge in [-0.2, -0.15) is 0 Å². The number of carboxylic acid groups (broad SMARTS) is 1. The summed E-state index contributed by atoms with van der Waals surface area (Å²) in [6.45, 7) is 0. The normalized spacial score (nSPS) is 12.8. The highest BCUT2D eigenvalue weighted by Crippen LogP contribution is 2.21. The van der Waals surface area contributed by atoms with E-state index in [1.54, 1.807) is 18.4 Å². The fourth-order valence-electron chi connectivity index (χ4n) is 1.01. The fourth-order valence-corrected chi connectivity index (χ4v) is 1.85. The van der Waals surface area contributed by atoms with Crippen LogP contribution in [0, 0.1) is 0 Å². The van der Waals surface area contributed by atoms with Crippen LogP contribution in [0.25, 0.3) is 0 Å². The Morgan fingerprint density at radius 1 is 1.83 bits per heavy atom. The molecule has 0 saturated heterocycles. The number of carboxylic acids is 1. The predicted molar refractivity (Wildman–Crippen MR) is 48.4 cm³/mol. The summed E-state index contributed by atoms with van der Waals surface area (Å²) in [4.78, 5) is 11.5. The van der Waals surface area contributed by atoms with Crippen molar-refractivity contribution in [1.82, 2.24) is 5.32 Å². The molecule has 0 fully saturated rings. The van der Waals surface area contributed by atoms with Crippen molar-refractivity contribution in [2.24, 2.45) is 0 Å². The lowest BCUT2D eigenvalue weighted by Crippen LogP contribution is -2.18. The van der Waals surface area contributed by atoms with Crippen LogP contribution in [0.4, 0.5) is 0 Å². The average molecular weight is 185 g/mol. The summed E-state index contributed by atoms with van der Waals surface area (Å²) in [6.07, 6.45) is 0.136. The van der Waals surface area contributed by atoms with Gasteiger partial charge in [-0.15, -0.1) is 11.3 Å². The molecule has 1 unspecified atom stereocenters. The molecular formula is C8H11NO2S. The Morgan fingerprint density at radius 2 is 2.58 bits per heavy atom. The van der Waals surface area contributed by atoms with Crippen molar-refractivity contribution in [3.05, 3.63) is 22.4 Å². The van der Waals surface area contributed by atoms with Gasteiger partial charge in [0.15, 0.2) is 0 Å². The maximum atomic E-state index is 10.4. The molecule has 1 atom stereocenters. The first kappa shape index (κ1) is 9.22. The Balaban J connectivity index is 2.63. The lowest BCUT2D eigenvalue weighted by Gasteiger charge is -2.10. The average Bonchev–Trinajstić information content (AvgIpc) is 2.51.